The van der Waals surface area contributed by atoms with Crippen LogP contribution in [-0.4, -0.2) is 34.2 Å². The van der Waals surface area contributed by atoms with E-state index in [1.165, 1.54) is 24.7 Å². The molecule has 23 heavy (non-hydrogen) atoms. The fourth-order valence-electron chi connectivity index (χ4n) is 2.24. The Morgan fingerprint density at radius 1 is 1.22 bits per heavy atom. The molecule has 1 aliphatic rings. The van der Waals surface area contributed by atoms with Gasteiger partial charge in [-0.25, -0.2) is 14.9 Å². The molecule has 1 N–H and O–H groups in total. The summed E-state index contributed by atoms with van der Waals surface area (Å²) >= 11 is 0. The molecule has 114 valence electrons. The first kappa shape index (κ1) is 14.6. The summed E-state index contributed by atoms with van der Waals surface area (Å²) in [6.45, 7) is 3.88. The van der Waals surface area contributed by atoms with Crippen molar-refractivity contribution in [1.82, 2.24) is 15.3 Å². The van der Waals surface area contributed by atoms with E-state index >= 15 is 0 Å². The minimum atomic E-state index is -0.503. The second-order valence-electron chi connectivity index (χ2n) is 4.78. The maximum Gasteiger partial charge on any atom is 0.284 e. The van der Waals surface area contributed by atoms with E-state index < -0.39 is 11.8 Å². The smallest absolute Gasteiger partial charge is 0.284 e. The van der Waals surface area contributed by atoms with Crippen molar-refractivity contribution in [3.63, 3.8) is 0 Å². The first-order valence-electron chi connectivity index (χ1n) is 6.81. The zero-order valence-electron chi connectivity index (χ0n) is 12.0. The normalized spacial score (nSPS) is 13.0. The number of nitrogens with one attached hydrogen (secondary N) is 1. The number of hydrogen-bond acceptors (Lipinski definition) is 5. The van der Waals surface area contributed by atoms with Crippen molar-refractivity contribution in [3.8, 4) is 0 Å². The van der Waals surface area contributed by atoms with E-state index in [0.29, 0.717) is 17.8 Å². The highest BCUT2D eigenvalue weighted by Crippen LogP contribution is 2.26. The highest BCUT2D eigenvalue weighted by atomic mass is 16.2. The van der Waals surface area contributed by atoms with Crippen LogP contribution in [0.5, 0.6) is 0 Å². The minimum Gasteiger partial charge on any atom is -0.349 e. The molecule has 2 heterocycles. The molecule has 2 aromatic rings. The van der Waals surface area contributed by atoms with Crippen molar-refractivity contribution in [2.45, 2.75) is 0 Å². The van der Waals surface area contributed by atoms with Gasteiger partial charge in [-0.05, 0) is 24.3 Å². The number of fused-ring (bicyclic) bond motifs is 1. The fraction of sp³-hybridized carbons (Fsp3) is 0.0625. The fourth-order valence-corrected chi connectivity index (χ4v) is 2.24. The Labute approximate surface area is 131 Å². The molecule has 0 unspecified atom stereocenters. The number of carbonyl (C=O) groups excluding carboxylic acids is 3. The average molecular weight is 308 g/mol. The quantitative estimate of drug-likeness (QED) is 0.676. The minimum absolute atomic E-state index is 0.0813. The van der Waals surface area contributed by atoms with Gasteiger partial charge in [0, 0.05) is 18.3 Å². The van der Waals surface area contributed by atoms with Crippen molar-refractivity contribution < 1.29 is 14.4 Å². The lowest BCUT2D eigenvalue weighted by Gasteiger charge is -2.13. The SMILES string of the molecule is C=CCNC(=O)c1ccc(N2C(=O)c3cncnc3C2=O)cc1. The Bertz CT molecular complexity index is 779. The van der Waals surface area contributed by atoms with E-state index in [1.807, 2.05) is 0 Å². The van der Waals surface area contributed by atoms with Gasteiger partial charge in [-0.3, -0.25) is 14.4 Å². The molecule has 0 saturated carbocycles. The number of amides is 3. The zero-order chi connectivity index (χ0) is 16.4. The molecule has 0 saturated heterocycles. The predicted molar refractivity (Wildman–Crippen MR) is 82.1 cm³/mol. The number of hydrogen-bond donors (Lipinski definition) is 1. The summed E-state index contributed by atoms with van der Waals surface area (Å²) in [7, 11) is 0. The second kappa shape index (κ2) is 5.80. The summed E-state index contributed by atoms with van der Waals surface area (Å²) in [5, 5.41) is 2.65. The lowest BCUT2D eigenvalue weighted by Crippen LogP contribution is -2.29. The van der Waals surface area contributed by atoms with Gasteiger partial charge in [0.2, 0.25) is 0 Å². The largest absolute Gasteiger partial charge is 0.349 e. The van der Waals surface area contributed by atoms with Crippen LogP contribution < -0.4 is 10.2 Å². The van der Waals surface area contributed by atoms with E-state index in [2.05, 4.69) is 21.9 Å². The maximum atomic E-state index is 12.3. The number of imide groups is 1. The second-order valence-corrected chi connectivity index (χ2v) is 4.78. The molecule has 0 fully saturated rings. The molecule has 0 radical (unpaired) electrons. The van der Waals surface area contributed by atoms with Gasteiger partial charge >= 0.3 is 0 Å². The monoisotopic (exact) mass is 308 g/mol. The Morgan fingerprint density at radius 3 is 2.61 bits per heavy atom. The van der Waals surface area contributed by atoms with Gasteiger partial charge < -0.3 is 5.32 Å². The summed E-state index contributed by atoms with van der Waals surface area (Å²) in [6, 6.07) is 6.17. The number of carbonyl (C=O) groups is 3. The van der Waals surface area contributed by atoms with Crippen molar-refractivity contribution in [2.75, 3.05) is 11.4 Å². The molecule has 7 nitrogen and oxygen atoms in total. The first-order valence-corrected chi connectivity index (χ1v) is 6.81. The topological polar surface area (TPSA) is 92.3 Å². The lowest BCUT2D eigenvalue weighted by molar-refractivity contribution is 0.0922. The van der Waals surface area contributed by atoms with E-state index in [9.17, 15) is 14.4 Å². The molecule has 3 amide bonds. The van der Waals surface area contributed by atoms with Gasteiger partial charge in [-0.1, -0.05) is 6.08 Å². The van der Waals surface area contributed by atoms with E-state index in [0.717, 1.165) is 4.90 Å². The third-order valence-electron chi connectivity index (χ3n) is 3.35. The first-order chi connectivity index (χ1) is 11.1. The van der Waals surface area contributed by atoms with Crippen molar-refractivity contribution in [2.24, 2.45) is 0 Å². The molecule has 1 aromatic heterocycles. The summed E-state index contributed by atoms with van der Waals surface area (Å²) < 4.78 is 0. The third kappa shape index (κ3) is 2.48. The van der Waals surface area contributed by atoms with Gasteiger partial charge in [0.05, 0.1) is 11.3 Å². The Kier molecular flexibility index (Phi) is 3.68. The van der Waals surface area contributed by atoms with Gasteiger partial charge in [0.15, 0.2) is 0 Å². The van der Waals surface area contributed by atoms with E-state index in [1.54, 1.807) is 18.2 Å². The highest BCUT2D eigenvalue weighted by Gasteiger charge is 2.38. The number of anilines is 1. The van der Waals surface area contributed by atoms with Crippen LogP contribution in [0.4, 0.5) is 5.69 Å². The predicted octanol–water partition coefficient (Wildman–Crippen LogP) is 1.19. The van der Waals surface area contributed by atoms with Crippen molar-refractivity contribution in [1.29, 1.82) is 0 Å². The molecule has 0 bridgehead atoms. The zero-order valence-corrected chi connectivity index (χ0v) is 12.0. The molecular formula is C16H12N4O3. The lowest BCUT2D eigenvalue weighted by atomic mass is 10.2. The van der Waals surface area contributed by atoms with Gasteiger partial charge in [0.1, 0.15) is 12.0 Å². The number of rotatable bonds is 4. The van der Waals surface area contributed by atoms with Crippen molar-refractivity contribution >= 4 is 23.4 Å². The summed E-state index contributed by atoms with van der Waals surface area (Å²) in [5.74, 6) is -1.24. The van der Waals surface area contributed by atoms with Crippen LogP contribution in [0.3, 0.4) is 0 Å². The maximum absolute atomic E-state index is 12.3. The number of benzene rings is 1. The van der Waals surface area contributed by atoms with Gasteiger partial charge in [-0.2, -0.15) is 0 Å². The standard InChI is InChI=1S/C16H12N4O3/c1-2-7-18-14(21)10-3-5-11(6-4-10)20-15(22)12-8-17-9-19-13(12)16(20)23/h2-6,8-9H,1,7H2,(H,18,21). The molecule has 0 aliphatic carbocycles. The molecule has 1 aromatic carbocycles. The average Bonchev–Trinajstić information content (AvgIpc) is 2.84. The van der Waals surface area contributed by atoms with E-state index in [4.69, 9.17) is 0 Å². The molecule has 7 heteroatoms. The molecule has 0 spiro atoms. The van der Waals surface area contributed by atoms with Crippen LogP contribution in [0.15, 0.2) is 49.4 Å². The summed E-state index contributed by atoms with van der Waals surface area (Å²) in [5.41, 5.74) is 1.05. The van der Waals surface area contributed by atoms with Crippen LogP contribution in [0, 0.1) is 0 Å². The van der Waals surface area contributed by atoms with Crippen LogP contribution >= 0.6 is 0 Å². The van der Waals surface area contributed by atoms with Crippen LogP contribution in [-0.2, 0) is 0 Å². The Morgan fingerprint density at radius 2 is 1.96 bits per heavy atom. The molecule has 0 atom stereocenters. The van der Waals surface area contributed by atoms with Crippen LogP contribution in [0.2, 0.25) is 0 Å². The number of nitrogens with zero attached hydrogens (tertiary/aromatic N) is 3. The summed E-state index contributed by atoms with van der Waals surface area (Å²) in [6.07, 6.45) is 4.12. The molecule has 3 rings (SSSR count). The third-order valence-corrected chi connectivity index (χ3v) is 3.35. The van der Waals surface area contributed by atoms with Gasteiger partial charge in [0.25, 0.3) is 17.7 Å². The molecular weight excluding hydrogens is 296 g/mol. The Hall–Kier alpha value is -3.35. The summed E-state index contributed by atoms with van der Waals surface area (Å²) in [4.78, 5) is 45.0. The van der Waals surface area contributed by atoms with Crippen molar-refractivity contribution in [3.05, 3.63) is 66.3 Å². The van der Waals surface area contributed by atoms with Gasteiger partial charge in [-0.15, -0.1) is 6.58 Å². The number of aromatic nitrogens is 2. The van der Waals surface area contributed by atoms with Crippen LogP contribution in [0.25, 0.3) is 0 Å². The molecule has 1 aliphatic heterocycles. The Balaban J connectivity index is 1.86. The highest BCUT2D eigenvalue weighted by molar-refractivity contribution is 6.33. The van der Waals surface area contributed by atoms with Crippen LogP contribution in [0.1, 0.15) is 31.2 Å². The van der Waals surface area contributed by atoms with E-state index in [-0.39, 0.29) is 17.2 Å².